The highest BCUT2D eigenvalue weighted by molar-refractivity contribution is 5.32. The third kappa shape index (κ3) is 2.59. The van der Waals surface area contributed by atoms with E-state index in [-0.39, 0.29) is 18.8 Å². The van der Waals surface area contributed by atoms with Gasteiger partial charge in [0.05, 0.1) is 4.92 Å². The lowest BCUT2D eigenvalue weighted by atomic mass is 10.1. The monoisotopic (exact) mass is 268 g/mol. The molecule has 4 atom stereocenters. The molecular formula is C12H16N2O5. The molecule has 0 bridgehead atoms. The van der Waals surface area contributed by atoms with E-state index in [4.69, 9.17) is 0 Å². The highest BCUT2D eigenvalue weighted by Crippen LogP contribution is 2.29. The Labute approximate surface area is 110 Å². The Kier molecular flexibility index (Phi) is 3.55. The summed E-state index contributed by atoms with van der Waals surface area (Å²) >= 11 is 0. The Balaban J connectivity index is 2.15. The molecule has 0 aromatic heterocycles. The SMILES string of the molecule is C[C@@H]1[C@@H](O)[C@@H](O)C[N@@+]1([O-])Cc1ccc([N+](=O)[O-])cc1. The molecule has 1 aliphatic rings. The first-order chi connectivity index (χ1) is 8.83. The molecule has 2 rings (SSSR count). The molecule has 1 aliphatic heterocycles. The van der Waals surface area contributed by atoms with Crippen LogP contribution >= 0.6 is 0 Å². The molecule has 1 aromatic rings. The normalized spacial score (nSPS) is 34.4. The third-order valence-electron chi connectivity index (χ3n) is 3.72. The molecule has 0 aliphatic carbocycles. The lowest BCUT2D eigenvalue weighted by molar-refractivity contribution is -0.906. The van der Waals surface area contributed by atoms with E-state index in [1.807, 2.05) is 0 Å². The van der Waals surface area contributed by atoms with Crippen LogP contribution < -0.4 is 0 Å². The van der Waals surface area contributed by atoms with Gasteiger partial charge in [0.15, 0.2) is 0 Å². The van der Waals surface area contributed by atoms with Crippen LogP contribution in [0.4, 0.5) is 5.69 Å². The summed E-state index contributed by atoms with van der Waals surface area (Å²) in [6.07, 6.45) is -2.05. The number of benzene rings is 1. The molecule has 0 unspecified atom stereocenters. The maximum absolute atomic E-state index is 12.5. The zero-order chi connectivity index (χ0) is 14.2. The molecule has 1 heterocycles. The molecule has 19 heavy (non-hydrogen) atoms. The number of hydrogen-bond acceptors (Lipinski definition) is 5. The van der Waals surface area contributed by atoms with Crippen molar-refractivity contribution in [1.29, 1.82) is 0 Å². The van der Waals surface area contributed by atoms with Crippen LogP contribution in [0.3, 0.4) is 0 Å². The summed E-state index contributed by atoms with van der Waals surface area (Å²) in [5.41, 5.74) is 0.615. The van der Waals surface area contributed by atoms with Crippen molar-refractivity contribution in [2.24, 2.45) is 0 Å². The number of aliphatic hydroxyl groups is 2. The van der Waals surface area contributed by atoms with Crippen molar-refractivity contribution in [3.63, 3.8) is 0 Å². The Hall–Kier alpha value is -1.54. The zero-order valence-corrected chi connectivity index (χ0v) is 10.5. The van der Waals surface area contributed by atoms with Crippen molar-refractivity contribution >= 4 is 5.69 Å². The minimum Gasteiger partial charge on any atom is -0.632 e. The zero-order valence-electron chi connectivity index (χ0n) is 10.5. The first-order valence-electron chi connectivity index (χ1n) is 6.01. The summed E-state index contributed by atoms with van der Waals surface area (Å²) in [6, 6.07) is 5.12. The summed E-state index contributed by atoms with van der Waals surface area (Å²) < 4.78 is -0.722. The molecule has 7 heteroatoms. The average Bonchev–Trinajstić information content (AvgIpc) is 2.54. The van der Waals surface area contributed by atoms with Crippen molar-refractivity contribution in [3.05, 3.63) is 45.2 Å². The number of likely N-dealkylation sites (tertiary alicyclic amines) is 1. The Morgan fingerprint density at radius 2 is 1.95 bits per heavy atom. The van der Waals surface area contributed by atoms with Gasteiger partial charge in [0, 0.05) is 17.7 Å². The van der Waals surface area contributed by atoms with Crippen LogP contribution in [0.1, 0.15) is 12.5 Å². The van der Waals surface area contributed by atoms with Crippen molar-refractivity contribution in [2.75, 3.05) is 6.54 Å². The number of hydrogen-bond donors (Lipinski definition) is 2. The standard InChI is InChI=1S/C12H16N2O5/c1-8-12(16)11(15)7-14(8,19)6-9-2-4-10(5-3-9)13(17)18/h2-5,8,11-12,15-16H,6-7H2,1H3/t8-,11+,12-,14+/m1/s1. The second-order valence-electron chi connectivity index (χ2n) is 5.02. The minimum absolute atomic E-state index is 0.0317. The number of nitro benzene ring substituents is 1. The van der Waals surface area contributed by atoms with E-state index in [9.17, 15) is 25.5 Å². The van der Waals surface area contributed by atoms with E-state index in [0.29, 0.717) is 5.56 Å². The molecule has 104 valence electrons. The number of hydroxylamine groups is 3. The summed E-state index contributed by atoms with van der Waals surface area (Å²) in [5, 5.41) is 42.2. The third-order valence-corrected chi connectivity index (χ3v) is 3.72. The van der Waals surface area contributed by atoms with Crippen LogP contribution in [0, 0.1) is 15.3 Å². The van der Waals surface area contributed by atoms with E-state index in [0.717, 1.165) is 0 Å². The molecule has 1 aromatic carbocycles. The molecule has 0 radical (unpaired) electrons. The molecular weight excluding hydrogens is 252 g/mol. The number of non-ortho nitro benzene ring substituents is 1. The van der Waals surface area contributed by atoms with Gasteiger partial charge in [-0.1, -0.05) is 0 Å². The predicted octanol–water partition coefficient (Wildman–Crippen LogP) is 0.533. The van der Waals surface area contributed by atoms with Crippen LogP contribution in [0.25, 0.3) is 0 Å². The van der Waals surface area contributed by atoms with Gasteiger partial charge in [0.1, 0.15) is 31.3 Å². The number of quaternary nitrogens is 1. The maximum Gasteiger partial charge on any atom is 0.269 e. The fourth-order valence-corrected chi connectivity index (χ4v) is 2.43. The van der Waals surface area contributed by atoms with Crippen molar-refractivity contribution in [1.82, 2.24) is 0 Å². The van der Waals surface area contributed by atoms with E-state index in [1.54, 1.807) is 6.92 Å². The van der Waals surface area contributed by atoms with Crippen LogP contribution in [0.5, 0.6) is 0 Å². The van der Waals surface area contributed by atoms with Gasteiger partial charge in [-0.2, -0.15) is 0 Å². The molecule has 7 nitrogen and oxygen atoms in total. The van der Waals surface area contributed by atoms with E-state index < -0.39 is 27.8 Å². The smallest absolute Gasteiger partial charge is 0.269 e. The summed E-state index contributed by atoms with van der Waals surface area (Å²) in [6.45, 7) is 1.60. The van der Waals surface area contributed by atoms with Gasteiger partial charge in [0.2, 0.25) is 0 Å². The molecule has 2 N–H and O–H groups in total. The highest BCUT2D eigenvalue weighted by atomic mass is 16.6. The first-order valence-corrected chi connectivity index (χ1v) is 6.01. The maximum atomic E-state index is 12.5. The largest absolute Gasteiger partial charge is 0.632 e. The van der Waals surface area contributed by atoms with Gasteiger partial charge in [-0.25, -0.2) is 0 Å². The fraction of sp³-hybridized carbons (Fsp3) is 0.500. The second kappa shape index (κ2) is 4.86. The molecule has 1 saturated heterocycles. The van der Waals surface area contributed by atoms with Crippen molar-refractivity contribution in [3.8, 4) is 0 Å². The summed E-state index contributed by atoms with van der Waals surface area (Å²) in [4.78, 5) is 10.0. The van der Waals surface area contributed by atoms with Crippen LogP contribution in [0.2, 0.25) is 0 Å². The van der Waals surface area contributed by atoms with E-state index >= 15 is 0 Å². The number of aliphatic hydroxyl groups excluding tert-OH is 2. The predicted molar refractivity (Wildman–Crippen MR) is 66.8 cm³/mol. The topological polar surface area (TPSA) is 107 Å². The fourth-order valence-electron chi connectivity index (χ4n) is 2.43. The Bertz CT molecular complexity index is 478. The first kappa shape index (κ1) is 13.9. The van der Waals surface area contributed by atoms with Gasteiger partial charge in [-0.15, -0.1) is 0 Å². The van der Waals surface area contributed by atoms with Crippen LogP contribution in [0.15, 0.2) is 24.3 Å². The van der Waals surface area contributed by atoms with Crippen LogP contribution in [-0.2, 0) is 6.54 Å². The molecule has 1 fully saturated rings. The van der Waals surface area contributed by atoms with Gasteiger partial charge in [0.25, 0.3) is 5.69 Å². The van der Waals surface area contributed by atoms with Crippen LogP contribution in [-0.4, -0.2) is 44.6 Å². The number of nitrogens with zero attached hydrogens (tertiary/aromatic N) is 2. The average molecular weight is 268 g/mol. The quantitative estimate of drug-likeness (QED) is 0.360. The number of nitro groups is 1. The molecule has 0 amide bonds. The summed E-state index contributed by atoms with van der Waals surface area (Å²) in [5.74, 6) is 0. The lowest BCUT2D eigenvalue weighted by Crippen LogP contribution is -2.46. The lowest BCUT2D eigenvalue weighted by Gasteiger charge is -2.43. The summed E-state index contributed by atoms with van der Waals surface area (Å²) in [7, 11) is 0. The Morgan fingerprint density at radius 3 is 2.37 bits per heavy atom. The molecule has 0 spiro atoms. The van der Waals surface area contributed by atoms with E-state index in [2.05, 4.69) is 0 Å². The van der Waals surface area contributed by atoms with E-state index in [1.165, 1.54) is 24.3 Å². The van der Waals surface area contributed by atoms with Gasteiger partial charge >= 0.3 is 0 Å². The van der Waals surface area contributed by atoms with Gasteiger partial charge in [-0.3, -0.25) is 10.1 Å². The minimum atomic E-state index is -1.03. The van der Waals surface area contributed by atoms with Gasteiger partial charge in [-0.05, 0) is 19.1 Å². The second-order valence-corrected chi connectivity index (χ2v) is 5.02. The molecule has 0 saturated carbocycles. The van der Waals surface area contributed by atoms with Crippen molar-refractivity contribution in [2.45, 2.75) is 31.7 Å². The van der Waals surface area contributed by atoms with Crippen molar-refractivity contribution < 1.29 is 19.8 Å². The number of rotatable bonds is 3. The van der Waals surface area contributed by atoms with Gasteiger partial charge < -0.3 is 20.1 Å². The highest BCUT2D eigenvalue weighted by Gasteiger charge is 2.45. The Morgan fingerprint density at radius 1 is 1.37 bits per heavy atom.